The summed E-state index contributed by atoms with van der Waals surface area (Å²) in [5.74, 6) is 1.03. The standard InChI is InChI=1S/C29H31BrN4O2/c1-20-7-10-25(11-8-20)34-29(26-19-22(30)9-16-27(26)36-3)33(28(31-34)21(2)35)24-14-12-23(13-15-24)32-17-5-4-6-18-32/h7-16,19,29H,4-6,17-18H2,1-3H3. The molecule has 3 aromatic rings. The molecule has 0 aromatic heterocycles. The lowest BCUT2D eigenvalue weighted by Crippen LogP contribution is -2.38. The molecule has 2 aliphatic rings. The quantitative estimate of drug-likeness (QED) is 0.345. The van der Waals surface area contributed by atoms with Crippen LogP contribution in [0, 0.1) is 6.92 Å². The second-order valence-electron chi connectivity index (χ2n) is 9.35. The van der Waals surface area contributed by atoms with Gasteiger partial charge in [0.15, 0.2) is 17.8 Å². The van der Waals surface area contributed by atoms with Crippen molar-refractivity contribution in [2.75, 3.05) is 35.0 Å². The third kappa shape index (κ3) is 4.72. The molecule has 1 saturated heterocycles. The lowest BCUT2D eigenvalue weighted by atomic mass is 10.1. The van der Waals surface area contributed by atoms with Gasteiger partial charge < -0.3 is 9.64 Å². The summed E-state index contributed by atoms with van der Waals surface area (Å²) >= 11 is 3.63. The van der Waals surface area contributed by atoms with E-state index in [2.05, 4.69) is 64.2 Å². The summed E-state index contributed by atoms with van der Waals surface area (Å²) in [7, 11) is 1.67. The van der Waals surface area contributed by atoms with Crippen LogP contribution in [0.25, 0.3) is 0 Å². The second-order valence-corrected chi connectivity index (χ2v) is 10.3. The van der Waals surface area contributed by atoms with Crippen molar-refractivity contribution in [2.45, 2.75) is 39.3 Å². The van der Waals surface area contributed by atoms with Gasteiger partial charge in [-0.25, -0.2) is 5.01 Å². The number of nitrogens with zero attached hydrogens (tertiary/aromatic N) is 4. The minimum atomic E-state index is -0.403. The minimum absolute atomic E-state index is 0.0938. The third-order valence-corrected chi connectivity index (χ3v) is 7.33. The van der Waals surface area contributed by atoms with Crippen molar-refractivity contribution in [3.63, 3.8) is 0 Å². The number of halogens is 1. The molecule has 5 rings (SSSR count). The normalized spacial score (nSPS) is 17.8. The number of methoxy groups -OCH3 is 1. The van der Waals surface area contributed by atoms with E-state index >= 15 is 0 Å². The molecule has 2 aliphatic heterocycles. The molecule has 0 bridgehead atoms. The Kier molecular flexibility index (Phi) is 7.01. The molecule has 0 aliphatic carbocycles. The zero-order chi connectivity index (χ0) is 25.2. The fourth-order valence-electron chi connectivity index (χ4n) is 4.98. The molecule has 6 nitrogen and oxygen atoms in total. The Bertz CT molecular complexity index is 1270. The molecule has 186 valence electrons. The van der Waals surface area contributed by atoms with E-state index in [1.807, 2.05) is 40.2 Å². The number of aryl methyl sites for hydroxylation is 1. The van der Waals surface area contributed by atoms with Crippen molar-refractivity contribution in [1.82, 2.24) is 0 Å². The van der Waals surface area contributed by atoms with E-state index in [4.69, 9.17) is 9.84 Å². The van der Waals surface area contributed by atoms with Gasteiger partial charge in [-0.1, -0.05) is 33.6 Å². The Morgan fingerprint density at radius 2 is 1.56 bits per heavy atom. The maximum absolute atomic E-state index is 12.9. The van der Waals surface area contributed by atoms with E-state index in [1.165, 1.54) is 24.9 Å². The highest BCUT2D eigenvalue weighted by molar-refractivity contribution is 9.10. The molecule has 1 unspecified atom stereocenters. The van der Waals surface area contributed by atoms with Crippen LogP contribution in [0.2, 0.25) is 0 Å². The smallest absolute Gasteiger partial charge is 0.198 e. The van der Waals surface area contributed by atoms with E-state index in [-0.39, 0.29) is 5.78 Å². The molecule has 0 radical (unpaired) electrons. The van der Waals surface area contributed by atoms with Gasteiger partial charge in [-0.05, 0) is 80.8 Å². The number of benzene rings is 3. The molecule has 2 heterocycles. The first-order valence-electron chi connectivity index (χ1n) is 12.4. The topological polar surface area (TPSA) is 48.4 Å². The largest absolute Gasteiger partial charge is 0.496 e. The number of rotatable bonds is 6. The summed E-state index contributed by atoms with van der Waals surface area (Å²) in [4.78, 5) is 17.4. The maximum atomic E-state index is 12.9. The molecule has 0 spiro atoms. The van der Waals surface area contributed by atoms with Crippen molar-refractivity contribution in [3.05, 3.63) is 82.3 Å². The number of anilines is 3. The monoisotopic (exact) mass is 546 g/mol. The van der Waals surface area contributed by atoms with E-state index in [1.54, 1.807) is 14.0 Å². The van der Waals surface area contributed by atoms with Gasteiger partial charge in [0.1, 0.15) is 5.75 Å². The molecule has 3 aromatic carbocycles. The molecule has 0 N–H and O–H groups in total. The molecule has 36 heavy (non-hydrogen) atoms. The lowest BCUT2D eigenvalue weighted by Gasteiger charge is -2.33. The molecular weight excluding hydrogens is 516 g/mol. The van der Waals surface area contributed by atoms with Gasteiger partial charge in [0, 0.05) is 41.4 Å². The first-order valence-corrected chi connectivity index (χ1v) is 13.2. The van der Waals surface area contributed by atoms with Crippen molar-refractivity contribution in [3.8, 4) is 5.75 Å². The van der Waals surface area contributed by atoms with E-state index in [9.17, 15) is 4.79 Å². The zero-order valence-electron chi connectivity index (χ0n) is 20.9. The SMILES string of the molecule is COc1ccc(Br)cc1C1N(c2ccc(C)cc2)N=C(C(C)=O)N1c1ccc(N2CCCCC2)cc1. The molecule has 1 fully saturated rings. The van der Waals surface area contributed by atoms with Gasteiger partial charge in [-0.2, -0.15) is 0 Å². The Labute approximate surface area is 221 Å². The number of amidine groups is 1. The maximum Gasteiger partial charge on any atom is 0.198 e. The average Bonchev–Trinajstić information content (AvgIpc) is 3.30. The van der Waals surface area contributed by atoms with Gasteiger partial charge in [0.2, 0.25) is 0 Å². The summed E-state index contributed by atoms with van der Waals surface area (Å²) in [6.07, 6.45) is 3.35. The molecule has 0 amide bonds. The lowest BCUT2D eigenvalue weighted by molar-refractivity contribution is -0.111. The van der Waals surface area contributed by atoms with Gasteiger partial charge in [0.05, 0.1) is 12.8 Å². The zero-order valence-corrected chi connectivity index (χ0v) is 22.5. The minimum Gasteiger partial charge on any atom is -0.496 e. The second kappa shape index (κ2) is 10.3. The first-order chi connectivity index (χ1) is 17.5. The number of carbonyl (C=O) groups excluding carboxylic acids is 1. The number of hydrogen-bond donors (Lipinski definition) is 0. The Hall–Kier alpha value is -3.32. The predicted octanol–water partition coefficient (Wildman–Crippen LogP) is 6.68. The van der Waals surface area contributed by atoms with Crippen molar-refractivity contribution < 1.29 is 9.53 Å². The number of Topliss-reactive ketones (excluding diaryl/α,β-unsaturated/α-hetero) is 1. The summed E-state index contributed by atoms with van der Waals surface area (Å²) in [6, 6.07) is 22.6. The van der Waals surface area contributed by atoms with Gasteiger partial charge in [-0.15, -0.1) is 5.10 Å². The van der Waals surface area contributed by atoms with E-state index < -0.39 is 6.17 Å². The number of ether oxygens (including phenoxy) is 1. The number of hydrazone groups is 1. The highest BCUT2D eigenvalue weighted by Crippen LogP contribution is 2.43. The van der Waals surface area contributed by atoms with Gasteiger partial charge in [0.25, 0.3) is 0 Å². The Morgan fingerprint density at radius 3 is 2.19 bits per heavy atom. The van der Waals surface area contributed by atoms with Crippen molar-refractivity contribution >= 4 is 44.6 Å². The highest BCUT2D eigenvalue weighted by Gasteiger charge is 2.40. The first kappa shape index (κ1) is 24.4. The third-order valence-electron chi connectivity index (χ3n) is 6.84. The number of ketones is 1. The Balaban J connectivity index is 1.63. The fourth-order valence-corrected chi connectivity index (χ4v) is 5.36. The van der Waals surface area contributed by atoms with Crippen LogP contribution in [0.3, 0.4) is 0 Å². The van der Waals surface area contributed by atoms with E-state index in [0.717, 1.165) is 45.8 Å². The van der Waals surface area contributed by atoms with Crippen LogP contribution in [0.1, 0.15) is 43.5 Å². The van der Waals surface area contributed by atoms with Crippen LogP contribution >= 0.6 is 15.9 Å². The molecular formula is C29H31BrN4O2. The van der Waals surface area contributed by atoms with Crippen molar-refractivity contribution in [2.24, 2.45) is 5.10 Å². The molecule has 7 heteroatoms. The van der Waals surface area contributed by atoms with Crippen molar-refractivity contribution in [1.29, 1.82) is 0 Å². The van der Waals surface area contributed by atoms with Gasteiger partial charge >= 0.3 is 0 Å². The Morgan fingerprint density at radius 1 is 0.917 bits per heavy atom. The fraction of sp³-hybridized carbons (Fsp3) is 0.310. The number of piperidine rings is 1. The van der Waals surface area contributed by atoms with Crippen LogP contribution in [0.5, 0.6) is 5.75 Å². The van der Waals surface area contributed by atoms with Crippen LogP contribution < -0.4 is 19.5 Å². The molecule has 1 atom stereocenters. The van der Waals surface area contributed by atoms with Crippen LogP contribution in [-0.2, 0) is 4.79 Å². The summed E-state index contributed by atoms with van der Waals surface area (Å²) in [6.45, 7) is 5.80. The summed E-state index contributed by atoms with van der Waals surface area (Å²) in [5, 5.41) is 6.78. The van der Waals surface area contributed by atoms with Gasteiger partial charge in [-0.3, -0.25) is 9.69 Å². The number of carbonyl (C=O) groups is 1. The number of hydrogen-bond acceptors (Lipinski definition) is 6. The highest BCUT2D eigenvalue weighted by atomic mass is 79.9. The van der Waals surface area contributed by atoms with Crippen LogP contribution in [0.15, 0.2) is 76.3 Å². The van der Waals surface area contributed by atoms with Crippen LogP contribution in [-0.4, -0.2) is 31.8 Å². The van der Waals surface area contributed by atoms with E-state index in [0.29, 0.717) is 5.84 Å². The molecule has 0 saturated carbocycles. The van der Waals surface area contributed by atoms with Crippen LogP contribution in [0.4, 0.5) is 17.1 Å². The predicted molar refractivity (Wildman–Crippen MR) is 150 cm³/mol. The summed E-state index contributed by atoms with van der Waals surface area (Å²) < 4.78 is 6.71. The summed E-state index contributed by atoms with van der Waals surface area (Å²) in [5.41, 5.74) is 5.10. The average molecular weight is 547 g/mol.